The minimum atomic E-state index is -3.76. The van der Waals surface area contributed by atoms with E-state index in [1.165, 1.54) is 0 Å². The maximum atomic E-state index is 13.2. The number of ether oxygens (including phenoxy) is 2. The van der Waals surface area contributed by atoms with Crippen LogP contribution >= 0.6 is 15.9 Å². The van der Waals surface area contributed by atoms with Gasteiger partial charge in [0.15, 0.2) is 11.5 Å². The molecule has 0 bridgehead atoms. The summed E-state index contributed by atoms with van der Waals surface area (Å²) in [6.07, 6.45) is 0. The number of pyridine rings is 1. The number of hydrogen-bond acceptors (Lipinski definition) is 5. The first-order valence-corrected chi connectivity index (χ1v) is 11.7. The van der Waals surface area contributed by atoms with Gasteiger partial charge in [-0.1, -0.05) is 36.8 Å². The molecule has 0 unspecified atom stereocenters. The topological polar surface area (TPSA) is 77.5 Å². The molecule has 0 radical (unpaired) electrons. The number of aryl methyl sites for hydroxylation is 1. The van der Waals surface area contributed by atoms with E-state index >= 15 is 0 Å². The molecule has 0 saturated heterocycles. The molecule has 156 valence electrons. The third kappa shape index (κ3) is 4.35. The van der Waals surface area contributed by atoms with Gasteiger partial charge in [0.1, 0.15) is 4.60 Å². The maximum absolute atomic E-state index is 13.2. The van der Waals surface area contributed by atoms with Crippen LogP contribution in [0.2, 0.25) is 0 Å². The molecule has 2 atom stereocenters. The van der Waals surface area contributed by atoms with Crippen molar-refractivity contribution in [3.05, 3.63) is 82.1 Å². The summed E-state index contributed by atoms with van der Waals surface area (Å²) in [6.45, 7) is 4.02. The summed E-state index contributed by atoms with van der Waals surface area (Å²) < 4.78 is 40.8. The SMILES string of the molecule is Cc1ccc(S(=O)(=O)N[C@@H](c2ccc3c(c2)OCO3)[C@@H](C)c2cccc(Br)n2)cc1. The van der Waals surface area contributed by atoms with Gasteiger partial charge in [-0.15, -0.1) is 0 Å². The molecule has 0 amide bonds. The van der Waals surface area contributed by atoms with E-state index in [-0.39, 0.29) is 17.6 Å². The minimum Gasteiger partial charge on any atom is -0.454 e. The third-order valence-electron chi connectivity index (χ3n) is 5.07. The lowest BCUT2D eigenvalue weighted by atomic mass is 9.92. The largest absolute Gasteiger partial charge is 0.454 e. The lowest BCUT2D eigenvalue weighted by Crippen LogP contribution is -2.32. The predicted octanol–water partition coefficient (Wildman–Crippen LogP) is 4.70. The van der Waals surface area contributed by atoms with Gasteiger partial charge in [-0.2, -0.15) is 0 Å². The number of aromatic nitrogens is 1. The van der Waals surface area contributed by atoms with Crippen LogP contribution in [-0.4, -0.2) is 20.2 Å². The van der Waals surface area contributed by atoms with Crippen molar-refractivity contribution in [2.24, 2.45) is 0 Å². The summed E-state index contributed by atoms with van der Waals surface area (Å²) in [6, 6.07) is 17.3. The van der Waals surface area contributed by atoms with Crippen LogP contribution in [0.15, 0.2) is 70.2 Å². The van der Waals surface area contributed by atoms with Crippen LogP contribution in [0.1, 0.15) is 35.7 Å². The smallest absolute Gasteiger partial charge is 0.241 e. The van der Waals surface area contributed by atoms with E-state index in [0.29, 0.717) is 16.1 Å². The molecule has 0 aliphatic carbocycles. The van der Waals surface area contributed by atoms with Gasteiger partial charge >= 0.3 is 0 Å². The highest BCUT2D eigenvalue weighted by molar-refractivity contribution is 9.10. The molecule has 30 heavy (non-hydrogen) atoms. The maximum Gasteiger partial charge on any atom is 0.241 e. The van der Waals surface area contributed by atoms with Crippen molar-refractivity contribution in [2.45, 2.75) is 30.7 Å². The first-order chi connectivity index (χ1) is 14.3. The Hall–Kier alpha value is -2.42. The molecule has 8 heteroatoms. The Bertz CT molecular complexity index is 1170. The number of fused-ring (bicyclic) bond motifs is 1. The Morgan fingerprint density at radius 2 is 1.77 bits per heavy atom. The van der Waals surface area contributed by atoms with Crippen LogP contribution in [0, 0.1) is 6.92 Å². The van der Waals surface area contributed by atoms with Gasteiger partial charge in [-0.25, -0.2) is 18.1 Å². The van der Waals surface area contributed by atoms with E-state index in [2.05, 4.69) is 25.6 Å². The quantitative estimate of drug-likeness (QED) is 0.508. The first-order valence-electron chi connectivity index (χ1n) is 9.44. The van der Waals surface area contributed by atoms with Crippen LogP contribution < -0.4 is 14.2 Å². The second kappa shape index (κ2) is 8.37. The van der Waals surface area contributed by atoms with Crippen molar-refractivity contribution in [3.63, 3.8) is 0 Å². The minimum absolute atomic E-state index is 0.154. The van der Waals surface area contributed by atoms with E-state index in [4.69, 9.17) is 9.47 Å². The normalized spacial score (nSPS) is 15.0. The molecule has 1 N–H and O–H groups in total. The number of sulfonamides is 1. The Balaban J connectivity index is 1.74. The average Bonchev–Trinajstić information content (AvgIpc) is 3.20. The van der Waals surface area contributed by atoms with Crippen molar-refractivity contribution >= 4 is 26.0 Å². The number of nitrogens with one attached hydrogen (secondary N) is 1. The molecule has 6 nitrogen and oxygen atoms in total. The van der Waals surface area contributed by atoms with Crippen LogP contribution in [0.25, 0.3) is 0 Å². The van der Waals surface area contributed by atoms with E-state index < -0.39 is 16.1 Å². The van der Waals surface area contributed by atoms with Crippen molar-refractivity contribution < 1.29 is 17.9 Å². The first kappa shape index (κ1) is 20.8. The molecular formula is C22H21BrN2O4S. The fourth-order valence-corrected chi connectivity index (χ4v) is 5.03. The summed E-state index contributed by atoms with van der Waals surface area (Å²) in [4.78, 5) is 4.75. The monoisotopic (exact) mass is 488 g/mol. The van der Waals surface area contributed by atoms with Crippen molar-refractivity contribution in [3.8, 4) is 11.5 Å². The molecule has 0 spiro atoms. The van der Waals surface area contributed by atoms with Gasteiger partial charge in [0.25, 0.3) is 0 Å². The molecule has 1 aliphatic heterocycles. The summed E-state index contributed by atoms with van der Waals surface area (Å²) in [5.41, 5.74) is 2.52. The van der Waals surface area contributed by atoms with Gasteiger partial charge in [-0.05, 0) is 64.8 Å². The molecule has 2 aromatic carbocycles. The average molecular weight is 489 g/mol. The number of halogens is 1. The lowest BCUT2D eigenvalue weighted by molar-refractivity contribution is 0.174. The predicted molar refractivity (Wildman–Crippen MR) is 117 cm³/mol. The highest BCUT2D eigenvalue weighted by Crippen LogP contribution is 2.38. The second-order valence-electron chi connectivity index (χ2n) is 7.20. The third-order valence-corrected chi connectivity index (χ3v) is 6.97. The van der Waals surface area contributed by atoms with Crippen LogP contribution in [0.5, 0.6) is 11.5 Å². The van der Waals surface area contributed by atoms with Gasteiger partial charge in [0.05, 0.1) is 10.9 Å². The molecule has 3 aromatic rings. The fraction of sp³-hybridized carbons (Fsp3) is 0.227. The van der Waals surface area contributed by atoms with Gasteiger partial charge in [0.2, 0.25) is 16.8 Å². The molecule has 1 aliphatic rings. The molecular weight excluding hydrogens is 468 g/mol. The van der Waals surface area contributed by atoms with E-state index in [1.54, 1.807) is 30.3 Å². The second-order valence-corrected chi connectivity index (χ2v) is 9.73. The number of rotatable bonds is 6. The van der Waals surface area contributed by atoms with Crippen LogP contribution in [-0.2, 0) is 10.0 Å². The van der Waals surface area contributed by atoms with Crippen molar-refractivity contribution in [1.82, 2.24) is 9.71 Å². The van der Waals surface area contributed by atoms with Crippen LogP contribution in [0.3, 0.4) is 0 Å². The Morgan fingerprint density at radius 3 is 2.50 bits per heavy atom. The summed E-state index contributed by atoms with van der Waals surface area (Å²) in [5, 5.41) is 0. The van der Waals surface area contributed by atoms with Gasteiger partial charge in [-0.3, -0.25) is 0 Å². The van der Waals surface area contributed by atoms with E-state index in [9.17, 15) is 8.42 Å². The fourth-order valence-electron chi connectivity index (χ4n) is 3.37. The Labute approximate surface area is 184 Å². The molecule has 0 saturated carbocycles. The Kier molecular flexibility index (Phi) is 5.81. The van der Waals surface area contributed by atoms with Crippen molar-refractivity contribution in [1.29, 1.82) is 0 Å². The zero-order chi connectivity index (χ0) is 21.3. The summed E-state index contributed by atoms with van der Waals surface area (Å²) in [7, 11) is -3.76. The van der Waals surface area contributed by atoms with Crippen LogP contribution in [0.4, 0.5) is 0 Å². The number of nitrogens with zero attached hydrogens (tertiary/aromatic N) is 1. The standard InChI is InChI=1S/C22H21BrN2O4S/c1-14-6-9-17(10-7-14)30(26,27)25-22(15(2)18-4-3-5-21(23)24-18)16-8-11-19-20(12-16)29-13-28-19/h3-12,15,22,25H,13H2,1-2H3/t15-,22+/m0/s1. The molecule has 1 aromatic heterocycles. The van der Waals surface area contributed by atoms with E-state index in [0.717, 1.165) is 16.8 Å². The van der Waals surface area contributed by atoms with Crippen molar-refractivity contribution in [2.75, 3.05) is 6.79 Å². The van der Waals surface area contributed by atoms with Gasteiger partial charge in [0, 0.05) is 11.6 Å². The number of hydrogen-bond donors (Lipinski definition) is 1. The highest BCUT2D eigenvalue weighted by Gasteiger charge is 2.29. The zero-order valence-electron chi connectivity index (χ0n) is 16.5. The molecule has 2 heterocycles. The summed E-state index contributed by atoms with van der Waals surface area (Å²) >= 11 is 3.40. The molecule has 0 fully saturated rings. The highest BCUT2D eigenvalue weighted by atomic mass is 79.9. The molecule has 4 rings (SSSR count). The van der Waals surface area contributed by atoms with E-state index in [1.807, 2.05) is 44.2 Å². The zero-order valence-corrected chi connectivity index (χ0v) is 18.9. The van der Waals surface area contributed by atoms with Gasteiger partial charge < -0.3 is 9.47 Å². The summed E-state index contributed by atoms with van der Waals surface area (Å²) in [5.74, 6) is 0.997. The Morgan fingerprint density at radius 1 is 1.03 bits per heavy atom. The number of benzene rings is 2. The lowest BCUT2D eigenvalue weighted by Gasteiger charge is -2.25.